The van der Waals surface area contributed by atoms with Crippen LogP contribution in [0.3, 0.4) is 0 Å². The van der Waals surface area contributed by atoms with E-state index in [-0.39, 0.29) is 17.2 Å². The van der Waals surface area contributed by atoms with Crippen molar-refractivity contribution in [1.82, 2.24) is 15.0 Å². The molecule has 3 fully saturated rings. The van der Waals surface area contributed by atoms with Gasteiger partial charge >= 0.3 is 0 Å². The molecular formula is C19H21N3O4. The van der Waals surface area contributed by atoms with Gasteiger partial charge in [-0.05, 0) is 25.0 Å². The van der Waals surface area contributed by atoms with E-state index in [9.17, 15) is 4.79 Å². The number of nitrogens with zero attached hydrogens (tertiary/aromatic N) is 3. The molecule has 0 unspecified atom stereocenters. The highest BCUT2D eigenvalue weighted by molar-refractivity contribution is 5.92. The summed E-state index contributed by atoms with van der Waals surface area (Å²) >= 11 is 0. The minimum atomic E-state index is -0.172. The number of pyridine rings is 1. The molecule has 1 amide bonds. The van der Waals surface area contributed by atoms with E-state index in [1.807, 2.05) is 23.1 Å². The first-order valence-corrected chi connectivity index (χ1v) is 9.10. The number of aromatic nitrogens is 2. The number of amides is 1. The van der Waals surface area contributed by atoms with Crippen LogP contribution in [-0.4, -0.2) is 53.9 Å². The lowest BCUT2D eigenvalue weighted by Crippen LogP contribution is -2.38. The topological polar surface area (TPSA) is 77.7 Å². The number of rotatable bonds is 5. The zero-order chi connectivity index (χ0) is 17.6. The second-order valence-electron chi connectivity index (χ2n) is 7.63. The fourth-order valence-electron chi connectivity index (χ4n) is 3.96. The second-order valence-corrected chi connectivity index (χ2v) is 7.63. The molecule has 136 valence electrons. The van der Waals surface area contributed by atoms with Crippen LogP contribution in [0, 0.1) is 11.3 Å². The SMILES string of the molecule is O=C(c1cc(C2CC2)on1)N1C[C@H]2COC[C@@]2(COc2cccnc2)C1. The lowest BCUT2D eigenvalue weighted by molar-refractivity contribution is 0.0651. The van der Waals surface area contributed by atoms with Gasteiger partial charge in [0.25, 0.3) is 5.91 Å². The van der Waals surface area contributed by atoms with E-state index >= 15 is 0 Å². The minimum Gasteiger partial charge on any atom is -0.491 e. The molecule has 0 spiro atoms. The molecule has 0 radical (unpaired) electrons. The molecule has 0 N–H and O–H groups in total. The Balaban J connectivity index is 1.29. The number of carbonyl (C=O) groups is 1. The number of ether oxygens (including phenoxy) is 2. The van der Waals surface area contributed by atoms with Crippen LogP contribution >= 0.6 is 0 Å². The summed E-state index contributed by atoms with van der Waals surface area (Å²) in [6.45, 7) is 3.06. The monoisotopic (exact) mass is 355 g/mol. The molecule has 5 rings (SSSR count). The smallest absolute Gasteiger partial charge is 0.276 e. The fourth-order valence-corrected chi connectivity index (χ4v) is 3.96. The highest BCUT2D eigenvalue weighted by Gasteiger charge is 2.53. The quantitative estimate of drug-likeness (QED) is 0.817. The van der Waals surface area contributed by atoms with Crippen LogP contribution in [0.25, 0.3) is 0 Å². The van der Waals surface area contributed by atoms with Crippen molar-refractivity contribution in [2.75, 3.05) is 32.9 Å². The Bertz CT molecular complexity index is 804. The number of carbonyl (C=O) groups excluding carboxylic acids is 1. The summed E-state index contributed by atoms with van der Waals surface area (Å²) in [6, 6.07) is 5.55. The van der Waals surface area contributed by atoms with Crippen molar-refractivity contribution >= 4 is 5.91 Å². The molecule has 1 saturated carbocycles. The van der Waals surface area contributed by atoms with Crippen molar-refractivity contribution in [3.8, 4) is 5.75 Å². The van der Waals surface area contributed by atoms with Crippen molar-refractivity contribution in [2.45, 2.75) is 18.8 Å². The summed E-state index contributed by atoms with van der Waals surface area (Å²) in [5, 5.41) is 4.00. The molecule has 4 heterocycles. The zero-order valence-electron chi connectivity index (χ0n) is 14.5. The Morgan fingerprint density at radius 1 is 1.42 bits per heavy atom. The maximum Gasteiger partial charge on any atom is 0.276 e. The van der Waals surface area contributed by atoms with E-state index in [0.29, 0.717) is 44.5 Å². The van der Waals surface area contributed by atoms with Gasteiger partial charge in [0.1, 0.15) is 11.5 Å². The van der Waals surface area contributed by atoms with E-state index < -0.39 is 0 Å². The molecule has 2 atom stereocenters. The first-order chi connectivity index (χ1) is 12.7. The Morgan fingerprint density at radius 3 is 3.15 bits per heavy atom. The van der Waals surface area contributed by atoms with E-state index in [1.54, 1.807) is 12.4 Å². The van der Waals surface area contributed by atoms with Crippen LogP contribution < -0.4 is 4.74 Å². The van der Waals surface area contributed by atoms with Gasteiger partial charge in [-0.2, -0.15) is 0 Å². The standard InChI is InChI=1S/C19H21N3O4/c23-18(16-6-17(26-21-16)13-3-4-13)22-8-14-9-24-11-19(14,10-22)12-25-15-2-1-5-20-7-15/h1-2,5-7,13-14H,3-4,8-12H2/t14-,19+/m0/s1. The first-order valence-electron chi connectivity index (χ1n) is 9.10. The minimum absolute atomic E-state index is 0.0594. The Kier molecular flexibility index (Phi) is 3.70. The number of hydrogen-bond acceptors (Lipinski definition) is 6. The highest BCUT2D eigenvalue weighted by Crippen LogP contribution is 2.43. The molecule has 2 aliphatic heterocycles. The normalized spacial score (nSPS) is 27.5. The molecule has 2 aromatic heterocycles. The van der Waals surface area contributed by atoms with Gasteiger partial charge in [0.15, 0.2) is 5.69 Å². The van der Waals surface area contributed by atoms with Crippen molar-refractivity contribution in [2.24, 2.45) is 11.3 Å². The van der Waals surface area contributed by atoms with Crippen molar-refractivity contribution in [1.29, 1.82) is 0 Å². The number of likely N-dealkylation sites (tertiary alicyclic amines) is 1. The Labute approximate surface area is 151 Å². The lowest BCUT2D eigenvalue weighted by atomic mass is 9.82. The largest absolute Gasteiger partial charge is 0.491 e. The Hall–Kier alpha value is -2.41. The molecule has 7 nitrogen and oxygen atoms in total. The zero-order valence-corrected chi connectivity index (χ0v) is 14.5. The van der Waals surface area contributed by atoms with Gasteiger partial charge in [0.2, 0.25) is 0 Å². The summed E-state index contributed by atoms with van der Waals surface area (Å²) in [6.07, 6.45) is 5.67. The second kappa shape index (κ2) is 6.09. The van der Waals surface area contributed by atoms with E-state index in [0.717, 1.165) is 24.4 Å². The Morgan fingerprint density at radius 2 is 2.35 bits per heavy atom. The third-order valence-corrected chi connectivity index (χ3v) is 5.70. The summed E-state index contributed by atoms with van der Waals surface area (Å²) in [7, 11) is 0. The van der Waals surface area contributed by atoms with Crippen LogP contribution in [0.1, 0.15) is 35.0 Å². The number of fused-ring (bicyclic) bond motifs is 1. The van der Waals surface area contributed by atoms with Crippen LogP contribution in [0.4, 0.5) is 0 Å². The van der Waals surface area contributed by atoms with Gasteiger partial charge in [-0.25, -0.2) is 0 Å². The number of hydrogen-bond donors (Lipinski definition) is 0. The van der Waals surface area contributed by atoms with Gasteiger partial charge in [0.05, 0.1) is 31.4 Å². The molecular weight excluding hydrogens is 334 g/mol. The van der Waals surface area contributed by atoms with Crippen molar-refractivity contribution in [3.63, 3.8) is 0 Å². The molecule has 2 aromatic rings. The van der Waals surface area contributed by atoms with Crippen molar-refractivity contribution < 1.29 is 18.8 Å². The maximum atomic E-state index is 12.9. The van der Waals surface area contributed by atoms with E-state index in [4.69, 9.17) is 14.0 Å². The fraction of sp³-hybridized carbons (Fsp3) is 0.526. The van der Waals surface area contributed by atoms with Gasteiger partial charge < -0.3 is 18.9 Å². The third-order valence-electron chi connectivity index (χ3n) is 5.70. The van der Waals surface area contributed by atoms with Crippen LogP contribution in [0.5, 0.6) is 5.75 Å². The highest BCUT2D eigenvalue weighted by atomic mass is 16.5. The van der Waals surface area contributed by atoms with Gasteiger partial charge in [-0.15, -0.1) is 0 Å². The van der Waals surface area contributed by atoms with Gasteiger partial charge in [-0.1, -0.05) is 5.16 Å². The molecule has 1 aliphatic carbocycles. The van der Waals surface area contributed by atoms with Gasteiger partial charge in [0, 0.05) is 37.2 Å². The third kappa shape index (κ3) is 2.76. The van der Waals surface area contributed by atoms with E-state index in [1.165, 1.54) is 0 Å². The lowest BCUT2D eigenvalue weighted by Gasteiger charge is -2.26. The van der Waals surface area contributed by atoms with E-state index in [2.05, 4.69) is 10.1 Å². The molecule has 0 aromatic carbocycles. The maximum absolute atomic E-state index is 12.9. The van der Waals surface area contributed by atoms with Crippen LogP contribution in [-0.2, 0) is 4.74 Å². The summed E-state index contributed by atoms with van der Waals surface area (Å²) < 4.78 is 17.0. The molecule has 3 aliphatic rings. The molecule has 0 bridgehead atoms. The van der Waals surface area contributed by atoms with Gasteiger partial charge in [-0.3, -0.25) is 9.78 Å². The predicted octanol–water partition coefficient (Wildman–Crippen LogP) is 2.11. The molecule has 26 heavy (non-hydrogen) atoms. The van der Waals surface area contributed by atoms with Crippen molar-refractivity contribution in [3.05, 3.63) is 42.0 Å². The predicted molar refractivity (Wildman–Crippen MR) is 90.9 cm³/mol. The summed E-state index contributed by atoms with van der Waals surface area (Å²) in [4.78, 5) is 18.8. The van der Waals surface area contributed by atoms with Crippen LogP contribution in [0.2, 0.25) is 0 Å². The summed E-state index contributed by atoms with van der Waals surface area (Å²) in [5.41, 5.74) is 0.241. The average molecular weight is 355 g/mol. The molecule has 7 heteroatoms. The first kappa shape index (κ1) is 15.8. The molecule has 2 saturated heterocycles. The average Bonchev–Trinajstić information content (AvgIpc) is 3.12. The van der Waals surface area contributed by atoms with Crippen LogP contribution in [0.15, 0.2) is 35.1 Å². The summed E-state index contributed by atoms with van der Waals surface area (Å²) in [5.74, 6) is 2.25.